The number of carbonyl (C=O) groups excluding carboxylic acids is 2. The van der Waals surface area contributed by atoms with Gasteiger partial charge in [-0.3, -0.25) is 14.7 Å². The highest BCUT2D eigenvalue weighted by molar-refractivity contribution is 7.91. The third kappa shape index (κ3) is 5.42. The first-order chi connectivity index (χ1) is 19.4. The summed E-state index contributed by atoms with van der Waals surface area (Å²) in [4.78, 5) is 45.7. The predicted molar refractivity (Wildman–Crippen MR) is 146 cm³/mol. The molecule has 11 nitrogen and oxygen atoms in total. The molecule has 14 heteroatoms. The van der Waals surface area contributed by atoms with Crippen molar-refractivity contribution in [1.82, 2.24) is 30.2 Å². The van der Waals surface area contributed by atoms with Crippen molar-refractivity contribution in [3.05, 3.63) is 72.2 Å². The molecule has 0 bridgehead atoms. The van der Waals surface area contributed by atoms with Crippen molar-refractivity contribution in [3.63, 3.8) is 0 Å². The second kappa shape index (κ2) is 10.4. The lowest BCUT2D eigenvalue weighted by Crippen LogP contribution is -2.38. The molecule has 1 saturated heterocycles. The second-order valence-corrected chi connectivity index (χ2v) is 12.0. The third-order valence-corrected chi connectivity index (χ3v) is 8.22. The van der Waals surface area contributed by atoms with Gasteiger partial charge in [0.05, 0.1) is 46.1 Å². The number of anilines is 1. The molecule has 0 radical (unpaired) electrons. The minimum absolute atomic E-state index is 0.0233. The largest absolute Gasteiger partial charge is 0.346 e. The summed E-state index contributed by atoms with van der Waals surface area (Å²) in [5.41, 5.74) is 1.63. The summed E-state index contributed by atoms with van der Waals surface area (Å²) in [6.45, 7) is 4.33. The molecule has 5 rings (SSSR count). The lowest BCUT2D eigenvalue weighted by atomic mass is 10.1. The van der Waals surface area contributed by atoms with E-state index in [1.807, 2.05) is 19.9 Å². The number of pyridine rings is 2. The van der Waals surface area contributed by atoms with Crippen molar-refractivity contribution >= 4 is 38.6 Å². The summed E-state index contributed by atoms with van der Waals surface area (Å²) in [6.07, 6.45) is 3.16. The Balaban J connectivity index is 1.35. The molecule has 3 amide bonds. The van der Waals surface area contributed by atoms with Crippen LogP contribution in [0.2, 0.25) is 0 Å². The average molecular weight is 582 g/mol. The third-order valence-electron chi connectivity index (χ3n) is 6.84. The van der Waals surface area contributed by atoms with E-state index in [0.717, 1.165) is 17.5 Å². The zero-order valence-electron chi connectivity index (χ0n) is 22.2. The number of nitrogens with zero attached hydrogens (tertiary/aromatic N) is 6. The number of halogens is 2. The number of fused-ring (bicyclic) bond motifs is 1. The fourth-order valence-electron chi connectivity index (χ4n) is 4.27. The van der Waals surface area contributed by atoms with Gasteiger partial charge in [-0.05, 0) is 56.3 Å². The maximum atomic E-state index is 12.9. The van der Waals surface area contributed by atoms with Crippen molar-refractivity contribution in [2.24, 2.45) is 0 Å². The Morgan fingerprint density at radius 2 is 1.83 bits per heavy atom. The molecule has 4 heterocycles. The molecule has 1 N–H and O–H groups in total. The fourth-order valence-corrected chi connectivity index (χ4v) is 5.03. The summed E-state index contributed by atoms with van der Waals surface area (Å²) >= 11 is 0. The average Bonchev–Trinajstić information content (AvgIpc) is 3.18. The number of benzene rings is 1. The molecular formula is C27H25F2N7O4S. The summed E-state index contributed by atoms with van der Waals surface area (Å²) in [6, 6.07) is 11.2. The van der Waals surface area contributed by atoms with Gasteiger partial charge < -0.3 is 10.2 Å². The number of rotatable bonds is 7. The number of alkyl halides is 2. The number of urea groups is 1. The molecule has 0 unspecified atom stereocenters. The monoisotopic (exact) mass is 581 g/mol. The summed E-state index contributed by atoms with van der Waals surface area (Å²) < 4.78 is 49.3. The lowest BCUT2D eigenvalue weighted by molar-refractivity contribution is 0.0950. The van der Waals surface area contributed by atoms with Crippen LogP contribution in [0.5, 0.6) is 0 Å². The van der Waals surface area contributed by atoms with Crippen molar-refractivity contribution in [2.45, 2.75) is 36.6 Å². The van der Waals surface area contributed by atoms with Gasteiger partial charge in [-0.2, -0.15) is 8.78 Å². The molecule has 1 aliphatic heterocycles. The van der Waals surface area contributed by atoms with Crippen LogP contribution in [-0.4, -0.2) is 70.1 Å². The topological polar surface area (TPSA) is 138 Å². The summed E-state index contributed by atoms with van der Waals surface area (Å²) in [5, 5.41) is 3.35. The predicted octanol–water partition coefficient (Wildman–Crippen LogP) is 3.66. The molecular weight excluding hydrogens is 556 g/mol. The molecule has 0 saturated carbocycles. The Hall–Kier alpha value is -4.59. The highest BCUT2D eigenvalue weighted by Crippen LogP contribution is 2.28. The Labute approximate surface area is 234 Å². The smallest absolute Gasteiger partial charge is 0.341 e. The zero-order chi connectivity index (χ0) is 29.5. The van der Waals surface area contributed by atoms with E-state index < -0.39 is 26.4 Å². The normalized spacial score (nSPS) is 15.1. The van der Waals surface area contributed by atoms with Crippen molar-refractivity contribution in [3.8, 4) is 11.4 Å². The van der Waals surface area contributed by atoms with E-state index >= 15 is 0 Å². The number of likely N-dealkylation sites (N-methyl/N-ethyl adjacent to an activating group) is 1. The van der Waals surface area contributed by atoms with Gasteiger partial charge in [-0.1, -0.05) is 6.07 Å². The van der Waals surface area contributed by atoms with E-state index in [0.29, 0.717) is 29.1 Å². The van der Waals surface area contributed by atoms with Crippen LogP contribution in [0, 0.1) is 0 Å². The second-order valence-electron chi connectivity index (χ2n) is 10.1. The fraction of sp³-hybridized carbons (Fsp3) is 0.259. The molecule has 212 valence electrons. The van der Waals surface area contributed by atoms with Crippen LogP contribution in [0.15, 0.2) is 65.8 Å². The van der Waals surface area contributed by atoms with Crippen LogP contribution >= 0.6 is 0 Å². The quantitative estimate of drug-likeness (QED) is 0.349. The van der Waals surface area contributed by atoms with Gasteiger partial charge in [0.2, 0.25) is 15.8 Å². The van der Waals surface area contributed by atoms with Gasteiger partial charge in [0.15, 0.2) is 0 Å². The lowest BCUT2D eigenvalue weighted by Gasteiger charge is -2.24. The van der Waals surface area contributed by atoms with Gasteiger partial charge in [0.25, 0.3) is 5.91 Å². The Bertz CT molecular complexity index is 1780. The number of aromatic nitrogens is 4. The Kier molecular flexibility index (Phi) is 7.11. The van der Waals surface area contributed by atoms with E-state index in [1.54, 1.807) is 42.5 Å². The van der Waals surface area contributed by atoms with E-state index in [9.17, 15) is 26.8 Å². The van der Waals surface area contributed by atoms with Crippen LogP contribution in [-0.2, 0) is 16.4 Å². The van der Waals surface area contributed by atoms with E-state index in [4.69, 9.17) is 0 Å². The molecule has 0 spiro atoms. The van der Waals surface area contributed by atoms with Crippen molar-refractivity contribution in [2.75, 3.05) is 18.5 Å². The molecule has 3 aromatic heterocycles. The Morgan fingerprint density at radius 3 is 2.54 bits per heavy atom. The minimum Gasteiger partial charge on any atom is -0.346 e. The van der Waals surface area contributed by atoms with Crippen LogP contribution in [0.3, 0.4) is 0 Å². The first-order valence-corrected chi connectivity index (χ1v) is 14.0. The number of nitrogens with one attached hydrogen (secondary N) is 1. The maximum Gasteiger partial charge on any atom is 0.341 e. The molecule has 1 aliphatic rings. The summed E-state index contributed by atoms with van der Waals surface area (Å²) in [7, 11) is -3.10. The molecule has 1 aromatic carbocycles. The SMILES string of the molecule is CN1C(=O)N(c2nccc(-c3ccc4cnc(CNC(=O)c5cccc(S(=O)(=O)C(F)F)c5)cc4n3)n2)CC1(C)C. The van der Waals surface area contributed by atoms with Crippen molar-refractivity contribution < 1.29 is 26.8 Å². The minimum atomic E-state index is -4.83. The van der Waals surface area contributed by atoms with E-state index in [-0.39, 0.29) is 29.6 Å². The maximum absolute atomic E-state index is 12.9. The number of hydrogen-bond acceptors (Lipinski definition) is 8. The Morgan fingerprint density at radius 1 is 1.07 bits per heavy atom. The van der Waals surface area contributed by atoms with Gasteiger partial charge in [-0.25, -0.2) is 28.2 Å². The van der Waals surface area contributed by atoms with Gasteiger partial charge in [-0.15, -0.1) is 0 Å². The van der Waals surface area contributed by atoms with Crippen LogP contribution < -0.4 is 10.2 Å². The van der Waals surface area contributed by atoms with Gasteiger partial charge in [0, 0.05) is 30.4 Å². The number of carbonyl (C=O) groups is 2. The highest BCUT2D eigenvalue weighted by atomic mass is 32.2. The molecule has 4 aromatic rings. The summed E-state index contributed by atoms with van der Waals surface area (Å²) in [5.74, 6) is -3.97. The van der Waals surface area contributed by atoms with Crippen LogP contribution in [0.4, 0.5) is 19.5 Å². The van der Waals surface area contributed by atoms with Crippen LogP contribution in [0.1, 0.15) is 29.9 Å². The standard InChI is InChI=1S/C27H25F2N7O4S/c1-27(2)15-36(26(38)35(27)3)25-30-10-9-21(34-25)20-8-7-17-13-31-18(12-22(17)33-20)14-32-23(37)16-5-4-6-19(11-16)41(39,40)24(28)29/h4-13,24H,14-15H2,1-3H3,(H,32,37). The van der Waals surface area contributed by atoms with Crippen molar-refractivity contribution in [1.29, 1.82) is 0 Å². The van der Waals surface area contributed by atoms with Crippen LogP contribution in [0.25, 0.3) is 22.3 Å². The van der Waals surface area contributed by atoms with Gasteiger partial charge in [0.1, 0.15) is 0 Å². The number of amides is 3. The first-order valence-electron chi connectivity index (χ1n) is 12.4. The van der Waals surface area contributed by atoms with E-state index in [1.165, 1.54) is 17.0 Å². The number of sulfone groups is 1. The van der Waals surface area contributed by atoms with Gasteiger partial charge >= 0.3 is 11.8 Å². The highest BCUT2D eigenvalue weighted by Gasteiger charge is 2.42. The number of hydrogen-bond donors (Lipinski definition) is 1. The van der Waals surface area contributed by atoms with E-state index in [2.05, 4.69) is 25.3 Å². The zero-order valence-corrected chi connectivity index (χ0v) is 23.1. The first kappa shape index (κ1) is 28.0. The molecule has 1 fully saturated rings. The molecule has 0 aliphatic carbocycles. The molecule has 41 heavy (non-hydrogen) atoms. The molecule has 0 atom stereocenters.